The predicted octanol–water partition coefficient (Wildman–Crippen LogP) is 2.46. The van der Waals surface area contributed by atoms with E-state index in [2.05, 4.69) is 10.3 Å². The fourth-order valence-corrected chi connectivity index (χ4v) is 3.16. The molecule has 2 heterocycles. The first-order chi connectivity index (χ1) is 12.6. The maximum atomic E-state index is 12.4. The largest absolute Gasteiger partial charge is 0.495 e. The maximum absolute atomic E-state index is 12.4. The molecule has 2 amide bonds. The molecular weight excluding hydrogens is 354 g/mol. The average Bonchev–Trinajstić information content (AvgIpc) is 3.04. The van der Waals surface area contributed by atoms with Gasteiger partial charge in [-0.15, -0.1) is 0 Å². The van der Waals surface area contributed by atoms with Gasteiger partial charge in [0, 0.05) is 42.8 Å². The Bertz CT molecular complexity index is 798. The number of nitrogens with one attached hydrogen (secondary N) is 1. The number of halogens is 1. The number of anilines is 1. The number of pyridine rings is 1. The van der Waals surface area contributed by atoms with Crippen LogP contribution in [-0.2, 0) is 16.0 Å². The standard InChI is InChI=1S/C19H20ClN3O3/c1-26-17-6-5-14(20)11-16(17)23-12-13(10-18(23)24)19(25)22-9-7-15-4-2-3-8-21-15/h2-6,8,11,13H,7,9-10,12H2,1H3,(H,22,25). The molecule has 7 heteroatoms. The van der Waals surface area contributed by atoms with Crippen molar-refractivity contribution in [1.82, 2.24) is 10.3 Å². The molecule has 1 atom stereocenters. The van der Waals surface area contributed by atoms with Crippen LogP contribution < -0.4 is 15.0 Å². The summed E-state index contributed by atoms with van der Waals surface area (Å²) in [6, 6.07) is 10.8. The van der Waals surface area contributed by atoms with E-state index in [0.29, 0.717) is 36.0 Å². The molecule has 1 aliphatic rings. The molecule has 1 aromatic heterocycles. The summed E-state index contributed by atoms with van der Waals surface area (Å²) in [4.78, 5) is 30.6. The highest BCUT2D eigenvalue weighted by Gasteiger charge is 2.36. The van der Waals surface area contributed by atoms with Gasteiger partial charge in [-0.05, 0) is 30.3 Å². The molecule has 0 radical (unpaired) electrons. The van der Waals surface area contributed by atoms with Gasteiger partial charge in [0.1, 0.15) is 5.75 Å². The number of benzene rings is 1. The summed E-state index contributed by atoms with van der Waals surface area (Å²) in [5, 5.41) is 3.40. The van der Waals surface area contributed by atoms with Gasteiger partial charge < -0.3 is 15.0 Å². The number of methoxy groups -OCH3 is 1. The lowest BCUT2D eigenvalue weighted by molar-refractivity contribution is -0.126. The van der Waals surface area contributed by atoms with Gasteiger partial charge in [-0.3, -0.25) is 14.6 Å². The second kappa shape index (κ2) is 8.19. The van der Waals surface area contributed by atoms with Gasteiger partial charge in [-0.2, -0.15) is 0 Å². The van der Waals surface area contributed by atoms with E-state index >= 15 is 0 Å². The molecule has 0 saturated carbocycles. The molecule has 136 valence electrons. The Morgan fingerprint density at radius 2 is 2.23 bits per heavy atom. The lowest BCUT2D eigenvalue weighted by Crippen LogP contribution is -2.34. The Labute approximate surface area is 157 Å². The monoisotopic (exact) mass is 373 g/mol. The second-order valence-corrected chi connectivity index (χ2v) is 6.52. The van der Waals surface area contributed by atoms with Crippen molar-refractivity contribution in [3.63, 3.8) is 0 Å². The summed E-state index contributed by atoms with van der Waals surface area (Å²) in [7, 11) is 1.54. The fourth-order valence-electron chi connectivity index (χ4n) is 2.99. The van der Waals surface area contributed by atoms with Crippen LogP contribution in [0.2, 0.25) is 5.02 Å². The molecule has 26 heavy (non-hydrogen) atoms. The Morgan fingerprint density at radius 1 is 1.38 bits per heavy atom. The Morgan fingerprint density at radius 3 is 2.96 bits per heavy atom. The fraction of sp³-hybridized carbons (Fsp3) is 0.316. The Kier molecular flexibility index (Phi) is 5.73. The van der Waals surface area contributed by atoms with Crippen LogP contribution in [0.3, 0.4) is 0 Å². The van der Waals surface area contributed by atoms with Gasteiger partial charge in [-0.25, -0.2) is 0 Å². The molecule has 1 aliphatic heterocycles. The minimum atomic E-state index is -0.394. The van der Waals surface area contributed by atoms with Crippen molar-refractivity contribution in [3.05, 3.63) is 53.3 Å². The quantitative estimate of drug-likeness (QED) is 0.844. The van der Waals surface area contributed by atoms with Crippen molar-refractivity contribution in [3.8, 4) is 5.75 Å². The lowest BCUT2D eigenvalue weighted by atomic mass is 10.1. The van der Waals surface area contributed by atoms with E-state index < -0.39 is 5.92 Å². The van der Waals surface area contributed by atoms with Crippen LogP contribution in [0.1, 0.15) is 12.1 Å². The minimum Gasteiger partial charge on any atom is -0.495 e. The van der Waals surface area contributed by atoms with Crippen LogP contribution in [-0.4, -0.2) is 37.0 Å². The van der Waals surface area contributed by atoms with Crippen molar-refractivity contribution in [1.29, 1.82) is 0 Å². The number of nitrogens with zero attached hydrogens (tertiary/aromatic N) is 2. The molecule has 2 aromatic rings. The highest BCUT2D eigenvalue weighted by molar-refractivity contribution is 6.31. The average molecular weight is 374 g/mol. The molecule has 3 rings (SSSR count). The molecule has 0 bridgehead atoms. The number of aromatic nitrogens is 1. The number of carbonyl (C=O) groups is 2. The molecule has 0 spiro atoms. The Balaban J connectivity index is 1.60. The molecule has 1 aromatic carbocycles. The number of carbonyl (C=O) groups excluding carboxylic acids is 2. The first kappa shape index (κ1) is 18.2. The summed E-state index contributed by atoms with van der Waals surface area (Å²) >= 11 is 6.05. The summed E-state index contributed by atoms with van der Waals surface area (Å²) in [5.74, 6) is -0.0814. The van der Waals surface area contributed by atoms with Crippen LogP contribution in [0.4, 0.5) is 5.69 Å². The van der Waals surface area contributed by atoms with Crippen LogP contribution >= 0.6 is 11.6 Å². The topological polar surface area (TPSA) is 71.5 Å². The van der Waals surface area contributed by atoms with Crippen molar-refractivity contribution in [2.24, 2.45) is 5.92 Å². The smallest absolute Gasteiger partial charge is 0.227 e. The van der Waals surface area contributed by atoms with Gasteiger partial charge in [0.2, 0.25) is 11.8 Å². The van der Waals surface area contributed by atoms with Gasteiger partial charge in [-0.1, -0.05) is 17.7 Å². The maximum Gasteiger partial charge on any atom is 0.227 e. The Hall–Kier alpha value is -2.60. The molecule has 1 fully saturated rings. The predicted molar refractivity (Wildman–Crippen MR) is 99.4 cm³/mol. The van der Waals surface area contributed by atoms with E-state index in [0.717, 1.165) is 5.69 Å². The highest BCUT2D eigenvalue weighted by atomic mass is 35.5. The lowest BCUT2D eigenvalue weighted by Gasteiger charge is -2.19. The number of amides is 2. The first-order valence-corrected chi connectivity index (χ1v) is 8.78. The summed E-state index contributed by atoms with van der Waals surface area (Å²) in [6.45, 7) is 0.798. The third kappa shape index (κ3) is 4.14. The highest BCUT2D eigenvalue weighted by Crippen LogP contribution is 2.35. The SMILES string of the molecule is COc1ccc(Cl)cc1N1CC(C(=O)NCCc2ccccn2)CC1=O. The number of hydrogen-bond donors (Lipinski definition) is 1. The van der Waals surface area contributed by atoms with E-state index in [1.54, 1.807) is 29.3 Å². The van der Waals surface area contributed by atoms with Crippen LogP contribution in [0.25, 0.3) is 0 Å². The molecule has 6 nitrogen and oxygen atoms in total. The second-order valence-electron chi connectivity index (χ2n) is 6.08. The molecule has 1 saturated heterocycles. The number of hydrogen-bond acceptors (Lipinski definition) is 4. The summed E-state index contributed by atoms with van der Waals surface area (Å²) < 4.78 is 5.31. The summed E-state index contributed by atoms with van der Waals surface area (Å²) in [6.07, 6.45) is 2.55. The van der Waals surface area contributed by atoms with Crippen LogP contribution in [0.5, 0.6) is 5.75 Å². The number of ether oxygens (including phenoxy) is 1. The summed E-state index contributed by atoms with van der Waals surface area (Å²) in [5.41, 5.74) is 1.51. The van der Waals surface area contributed by atoms with E-state index in [1.165, 1.54) is 7.11 Å². The van der Waals surface area contributed by atoms with Gasteiger partial charge >= 0.3 is 0 Å². The van der Waals surface area contributed by atoms with E-state index in [1.807, 2.05) is 18.2 Å². The van der Waals surface area contributed by atoms with Gasteiger partial charge in [0.05, 0.1) is 18.7 Å². The zero-order valence-corrected chi connectivity index (χ0v) is 15.2. The van der Waals surface area contributed by atoms with E-state index in [9.17, 15) is 9.59 Å². The molecule has 1 unspecified atom stereocenters. The van der Waals surface area contributed by atoms with Gasteiger partial charge in [0.25, 0.3) is 0 Å². The molecular formula is C19H20ClN3O3. The van der Waals surface area contributed by atoms with Crippen molar-refractivity contribution < 1.29 is 14.3 Å². The van der Waals surface area contributed by atoms with E-state index in [-0.39, 0.29) is 18.2 Å². The van der Waals surface area contributed by atoms with Crippen molar-refractivity contribution in [2.45, 2.75) is 12.8 Å². The minimum absolute atomic E-state index is 0.115. The van der Waals surface area contributed by atoms with Crippen molar-refractivity contribution >= 4 is 29.1 Å². The van der Waals surface area contributed by atoms with Crippen LogP contribution in [0, 0.1) is 5.92 Å². The normalized spacial score (nSPS) is 16.6. The molecule has 1 N–H and O–H groups in total. The van der Waals surface area contributed by atoms with E-state index in [4.69, 9.17) is 16.3 Å². The first-order valence-electron chi connectivity index (χ1n) is 8.40. The molecule has 0 aliphatic carbocycles. The number of rotatable bonds is 6. The third-order valence-corrected chi connectivity index (χ3v) is 4.57. The van der Waals surface area contributed by atoms with Crippen molar-refractivity contribution in [2.75, 3.05) is 25.1 Å². The zero-order chi connectivity index (χ0) is 18.5. The van der Waals surface area contributed by atoms with Gasteiger partial charge in [0.15, 0.2) is 0 Å². The zero-order valence-electron chi connectivity index (χ0n) is 14.4. The third-order valence-electron chi connectivity index (χ3n) is 4.33. The van der Waals surface area contributed by atoms with Crippen LogP contribution in [0.15, 0.2) is 42.6 Å².